The van der Waals surface area contributed by atoms with Crippen molar-refractivity contribution in [2.45, 2.75) is 25.6 Å². The van der Waals surface area contributed by atoms with Gasteiger partial charge in [-0.05, 0) is 13.8 Å². The van der Waals surface area contributed by atoms with Crippen molar-refractivity contribution in [2.75, 3.05) is 20.2 Å². The molecule has 1 atom stereocenters. The molecule has 4 nitrogen and oxygen atoms in total. The Morgan fingerprint density at radius 3 is 2.50 bits per heavy atom. The van der Waals surface area contributed by atoms with Crippen molar-refractivity contribution in [1.29, 1.82) is 0 Å². The first-order chi connectivity index (χ1) is 5.48. The molecular formula is C8H15NO3. The maximum absolute atomic E-state index is 11.1. The molecule has 1 aliphatic rings. The van der Waals surface area contributed by atoms with Crippen LogP contribution in [0.3, 0.4) is 0 Å². The van der Waals surface area contributed by atoms with Crippen molar-refractivity contribution in [3.63, 3.8) is 0 Å². The Balaban J connectivity index is 2.39. The van der Waals surface area contributed by atoms with E-state index in [1.165, 1.54) is 6.92 Å². The van der Waals surface area contributed by atoms with Crippen LogP contribution in [-0.4, -0.2) is 47.8 Å². The summed E-state index contributed by atoms with van der Waals surface area (Å²) in [5.74, 6) is -0.218. The number of hydrogen-bond donors (Lipinski definition) is 1. The summed E-state index contributed by atoms with van der Waals surface area (Å²) in [4.78, 5) is 12.7. The number of rotatable bonds is 2. The highest BCUT2D eigenvalue weighted by atomic mass is 16.5. The summed E-state index contributed by atoms with van der Waals surface area (Å²) in [7, 11) is 1.63. The number of hydrogen-bond acceptors (Lipinski definition) is 3. The highest BCUT2D eigenvalue weighted by Gasteiger charge is 2.42. The minimum atomic E-state index is -0.897. The Labute approximate surface area is 72.1 Å². The molecule has 0 spiro atoms. The molecule has 0 aromatic heterocycles. The van der Waals surface area contributed by atoms with Gasteiger partial charge in [0.2, 0.25) is 0 Å². The van der Waals surface area contributed by atoms with Crippen LogP contribution in [0.15, 0.2) is 0 Å². The zero-order valence-corrected chi connectivity index (χ0v) is 7.70. The van der Waals surface area contributed by atoms with Gasteiger partial charge in [0, 0.05) is 7.11 Å². The van der Waals surface area contributed by atoms with Crippen molar-refractivity contribution in [3.05, 3.63) is 0 Å². The first kappa shape index (κ1) is 9.48. The van der Waals surface area contributed by atoms with Crippen molar-refractivity contribution < 1.29 is 14.6 Å². The van der Waals surface area contributed by atoms with Crippen LogP contribution in [0.2, 0.25) is 0 Å². The lowest BCUT2D eigenvalue weighted by Gasteiger charge is -2.47. The molecule has 1 heterocycles. The molecule has 4 heteroatoms. The Morgan fingerprint density at radius 1 is 1.67 bits per heavy atom. The largest absolute Gasteiger partial charge is 0.384 e. The van der Waals surface area contributed by atoms with Crippen molar-refractivity contribution in [2.24, 2.45) is 0 Å². The SMILES string of the molecule is COC1(C)CN(C(=O)[C@@H](C)O)C1. The number of likely N-dealkylation sites (tertiary alicyclic amines) is 1. The summed E-state index contributed by atoms with van der Waals surface area (Å²) in [6, 6.07) is 0. The molecular weight excluding hydrogens is 158 g/mol. The molecule has 1 N–H and O–H groups in total. The van der Waals surface area contributed by atoms with E-state index in [0.717, 1.165) is 0 Å². The lowest BCUT2D eigenvalue weighted by atomic mass is 9.96. The minimum absolute atomic E-state index is 0.204. The monoisotopic (exact) mass is 173 g/mol. The zero-order valence-electron chi connectivity index (χ0n) is 7.70. The van der Waals surface area contributed by atoms with Crippen molar-refractivity contribution >= 4 is 5.91 Å². The van der Waals surface area contributed by atoms with E-state index in [2.05, 4.69) is 0 Å². The number of aliphatic hydroxyl groups excluding tert-OH is 1. The van der Waals surface area contributed by atoms with Crippen LogP contribution in [0.1, 0.15) is 13.8 Å². The van der Waals surface area contributed by atoms with Crippen LogP contribution in [0.5, 0.6) is 0 Å². The van der Waals surface area contributed by atoms with Crippen LogP contribution in [0, 0.1) is 0 Å². The van der Waals surface area contributed by atoms with E-state index >= 15 is 0 Å². The summed E-state index contributed by atoms with van der Waals surface area (Å²) in [5, 5.41) is 8.97. The van der Waals surface area contributed by atoms with Gasteiger partial charge in [-0.25, -0.2) is 0 Å². The number of amides is 1. The van der Waals surface area contributed by atoms with Crippen LogP contribution < -0.4 is 0 Å². The number of nitrogens with zero attached hydrogens (tertiary/aromatic N) is 1. The summed E-state index contributed by atoms with van der Waals surface area (Å²) < 4.78 is 5.16. The number of ether oxygens (including phenoxy) is 1. The van der Waals surface area contributed by atoms with E-state index in [4.69, 9.17) is 9.84 Å². The summed E-state index contributed by atoms with van der Waals surface area (Å²) in [6.07, 6.45) is -0.897. The number of aliphatic hydroxyl groups is 1. The molecule has 0 aliphatic carbocycles. The van der Waals surface area contributed by atoms with Crippen LogP contribution in [0.25, 0.3) is 0 Å². The van der Waals surface area contributed by atoms with E-state index in [0.29, 0.717) is 13.1 Å². The van der Waals surface area contributed by atoms with Gasteiger partial charge in [-0.1, -0.05) is 0 Å². The molecule has 0 unspecified atom stereocenters. The molecule has 0 aromatic rings. The summed E-state index contributed by atoms with van der Waals surface area (Å²) >= 11 is 0. The highest BCUT2D eigenvalue weighted by molar-refractivity contribution is 5.81. The first-order valence-electron chi connectivity index (χ1n) is 4.00. The van der Waals surface area contributed by atoms with Gasteiger partial charge in [0.1, 0.15) is 6.10 Å². The van der Waals surface area contributed by atoms with Crippen LogP contribution in [0.4, 0.5) is 0 Å². The van der Waals surface area contributed by atoms with Crippen molar-refractivity contribution in [1.82, 2.24) is 4.90 Å². The van der Waals surface area contributed by atoms with E-state index < -0.39 is 6.10 Å². The fourth-order valence-electron chi connectivity index (χ4n) is 1.31. The number of methoxy groups -OCH3 is 1. The number of carbonyl (C=O) groups excluding carboxylic acids is 1. The smallest absolute Gasteiger partial charge is 0.251 e. The van der Waals surface area contributed by atoms with Gasteiger partial charge in [-0.15, -0.1) is 0 Å². The second-order valence-corrected chi connectivity index (χ2v) is 3.52. The quantitative estimate of drug-likeness (QED) is 0.619. The fraction of sp³-hybridized carbons (Fsp3) is 0.875. The molecule has 1 rings (SSSR count). The number of carbonyl (C=O) groups is 1. The van der Waals surface area contributed by atoms with E-state index in [9.17, 15) is 4.79 Å². The Morgan fingerprint density at radius 2 is 2.17 bits per heavy atom. The third kappa shape index (κ3) is 1.59. The zero-order chi connectivity index (χ0) is 9.35. The molecule has 1 aliphatic heterocycles. The first-order valence-corrected chi connectivity index (χ1v) is 4.00. The Kier molecular flexibility index (Phi) is 2.39. The predicted molar refractivity (Wildman–Crippen MR) is 43.7 cm³/mol. The molecule has 1 amide bonds. The molecule has 12 heavy (non-hydrogen) atoms. The standard InChI is InChI=1S/C8H15NO3/c1-6(10)7(11)9-4-8(2,5-9)12-3/h6,10H,4-5H2,1-3H3/t6-/m1/s1. The van der Waals surface area contributed by atoms with Gasteiger partial charge in [-0.3, -0.25) is 4.79 Å². The van der Waals surface area contributed by atoms with Crippen LogP contribution in [-0.2, 0) is 9.53 Å². The van der Waals surface area contributed by atoms with Crippen molar-refractivity contribution in [3.8, 4) is 0 Å². The third-order valence-electron chi connectivity index (χ3n) is 2.21. The summed E-state index contributed by atoms with van der Waals surface area (Å²) in [5.41, 5.74) is -0.204. The second-order valence-electron chi connectivity index (χ2n) is 3.52. The normalized spacial score (nSPS) is 23.2. The van der Waals surface area contributed by atoms with Gasteiger partial charge < -0.3 is 14.7 Å². The molecule has 0 radical (unpaired) electrons. The molecule has 1 saturated heterocycles. The lowest BCUT2D eigenvalue weighted by molar-refractivity contribution is -0.165. The molecule has 0 saturated carbocycles. The Hall–Kier alpha value is -0.610. The third-order valence-corrected chi connectivity index (χ3v) is 2.21. The predicted octanol–water partition coefficient (Wildman–Crippen LogP) is -0.385. The van der Waals surface area contributed by atoms with Gasteiger partial charge in [0.05, 0.1) is 18.7 Å². The average Bonchev–Trinajstić information content (AvgIpc) is 1.97. The molecule has 0 bridgehead atoms. The Bertz CT molecular complexity index is 185. The fourth-order valence-corrected chi connectivity index (χ4v) is 1.31. The maximum Gasteiger partial charge on any atom is 0.251 e. The van der Waals surface area contributed by atoms with E-state index in [-0.39, 0.29) is 11.5 Å². The van der Waals surface area contributed by atoms with Gasteiger partial charge >= 0.3 is 0 Å². The molecule has 1 fully saturated rings. The molecule has 70 valence electrons. The van der Waals surface area contributed by atoms with Gasteiger partial charge in [0.15, 0.2) is 0 Å². The highest BCUT2D eigenvalue weighted by Crippen LogP contribution is 2.23. The molecule has 0 aromatic carbocycles. The topological polar surface area (TPSA) is 49.8 Å². The van der Waals surface area contributed by atoms with Gasteiger partial charge in [0.25, 0.3) is 5.91 Å². The lowest BCUT2D eigenvalue weighted by Crippen LogP contribution is -2.64. The van der Waals surface area contributed by atoms with Crippen LogP contribution >= 0.6 is 0 Å². The van der Waals surface area contributed by atoms with E-state index in [1.807, 2.05) is 6.92 Å². The van der Waals surface area contributed by atoms with E-state index in [1.54, 1.807) is 12.0 Å². The van der Waals surface area contributed by atoms with Gasteiger partial charge in [-0.2, -0.15) is 0 Å². The minimum Gasteiger partial charge on any atom is -0.384 e. The average molecular weight is 173 g/mol. The second kappa shape index (κ2) is 3.03. The maximum atomic E-state index is 11.1. The summed E-state index contributed by atoms with van der Waals surface area (Å²) in [6.45, 7) is 4.57.